The highest BCUT2D eigenvalue weighted by atomic mass is 35.5. The maximum absolute atomic E-state index is 13.5. The Morgan fingerprint density at radius 1 is 1.10 bits per heavy atom. The Morgan fingerprint density at radius 3 is 2.70 bits per heavy atom. The van der Waals surface area contributed by atoms with Crippen LogP contribution in [-0.4, -0.2) is 17.9 Å². The number of fused-ring (bicyclic) bond motifs is 2. The lowest BCUT2D eigenvalue weighted by molar-refractivity contribution is 0.0700. The largest absolute Gasteiger partial charge is 0.496 e. The molecule has 5 rings (SSSR count). The highest BCUT2D eigenvalue weighted by molar-refractivity contribution is 6.31. The van der Waals surface area contributed by atoms with Gasteiger partial charge >= 0.3 is 0 Å². The second kappa shape index (κ2) is 7.07. The average molecular weight is 422 g/mol. The summed E-state index contributed by atoms with van der Waals surface area (Å²) in [6.07, 6.45) is 1.54. The zero-order valence-corrected chi connectivity index (χ0v) is 16.7. The van der Waals surface area contributed by atoms with Gasteiger partial charge in [0.25, 0.3) is 5.91 Å². The van der Waals surface area contributed by atoms with Crippen LogP contribution in [0.4, 0.5) is 0 Å². The van der Waals surface area contributed by atoms with Gasteiger partial charge in [-0.1, -0.05) is 29.8 Å². The number of amides is 1. The maximum Gasteiger partial charge on any atom is 0.291 e. The number of carbonyl (C=O) groups excluding carboxylic acids is 1. The Labute approximate surface area is 176 Å². The second-order valence-corrected chi connectivity index (χ2v) is 7.41. The summed E-state index contributed by atoms with van der Waals surface area (Å²) in [7, 11) is 1.55. The van der Waals surface area contributed by atoms with Gasteiger partial charge in [-0.2, -0.15) is 0 Å². The molecule has 1 aliphatic heterocycles. The van der Waals surface area contributed by atoms with E-state index in [4.69, 9.17) is 25.2 Å². The lowest BCUT2D eigenvalue weighted by Crippen LogP contribution is -2.29. The van der Waals surface area contributed by atoms with Crippen LogP contribution in [0.25, 0.3) is 11.0 Å². The molecule has 3 heterocycles. The molecular formula is C23H16ClNO5. The number of hydrogen-bond acceptors (Lipinski definition) is 5. The summed E-state index contributed by atoms with van der Waals surface area (Å²) in [5.74, 6) is 0.804. The number of carbonyl (C=O) groups is 1. The van der Waals surface area contributed by atoms with Crippen LogP contribution < -0.4 is 10.2 Å². The fourth-order valence-electron chi connectivity index (χ4n) is 3.94. The Bertz CT molecular complexity index is 1330. The van der Waals surface area contributed by atoms with E-state index in [2.05, 4.69) is 0 Å². The highest BCUT2D eigenvalue weighted by Gasteiger charge is 2.44. The van der Waals surface area contributed by atoms with Gasteiger partial charge in [-0.05, 0) is 36.4 Å². The van der Waals surface area contributed by atoms with Gasteiger partial charge in [0, 0.05) is 10.6 Å². The molecule has 0 saturated heterocycles. The van der Waals surface area contributed by atoms with E-state index < -0.39 is 6.04 Å². The molecule has 0 saturated carbocycles. The van der Waals surface area contributed by atoms with Crippen LogP contribution in [0.15, 0.2) is 74.5 Å². The average Bonchev–Trinajstić information content (AvgIpc) is 3.36. The number of rotatable bonds is 4. The molecule has 0 radical (unpaired) electrons. The summed E-state index contributed by atoms with van der Waals surface area (Å²) in [6.45, 7) is 0.176. The summed E-state index contributed by atoms with van der Waals surface area (Å²) in [6, 6.07) is 14.9. The topological polar surface area (TPSA) is 72.9 Å². The van der Waals surface area contributed by atoms with Crippen LogP contribution in [0, 0.1) is 0 Å². The summed E-state index contributed by atoms with van der Waals surface area (Å²) >= 11 is 6.10. The van der Waals surface area contributed by atoms with Crippen molar-refractivity contribution in [2.24, 2.45) is 0 Å². The molecule has 0 aliphatic carbocycles. The van der Waals surface area contributed by atoms with Crippen molar-refractivity contribution in [1.29, 1.82) is 0 Å². The van der Waals surface area contributed by atoms with Crippen molar-refractivity contribution in [2.45, 2.75) is 12.6 Å². The number of halogens is 1. The third kappa shape index (κ3) is 2.80. The van der Waals surface area contributed by atoms with E-state index >= 15 is 0 Å². The predicted molar refractivity (Wildman–Crippen MR) is 111 cm³/mol. The van der Waals surface area contributed by atoms with Gasteiger partial charge in [0.2, 0.25) is 5.76 Å². The van der Waals surface area contributed by atoms with E-state index in [-0.39, 0.29) is 29.2 Å². The minimum Gasteiger partial charge on any atom is -0.496 e. The van der Waals surface area contributed by atoms with Crippen molar-refractivity contribution < 1.29 is 18.4 Å². The second-order valence-electron chi connectivity index (χ2n) is 6.97. The molecule has 150 valence electrons. The number of para-hydroxylation sites is 1. The Morgan fingerprint density at radius 2 is 1.93 bits per heavy atom. The molecule has 30 heavy (non-hydrogen) atoms. The third-order valence-corrected chi connectivity index (χ3v) is 5.50. The van der Waals surface area contributed by atoms with Crippen molar-refractivity contribution in [1.82, 2.24) is 4.90 Å². The molecule has 0 N–H and O–H groups in total. The van der Waals surface area contributed by atoms with Crippen molar-refractivity contribution in [2.75, 3.05) is 7.11 Å². The van der Waals surface area contributed by atoms with Crippen LogP contribution in [0.2, 0.25) is 5.02 Å². The number of methoxy groups -OCH3 is 1. The number of hydrogen-bond donors (Lipinski definition) is 0. The lowest BCUT2D eigenvalue weighted by atomic mass is 9.97. The minimum atomic E-state index is -0.687. The van der Waals surface area contributed by atoms with Crippen molar-refractivity contribution in [3.8, 4) is 5.75 Å². The van der Waals surface area contributed by atoms with Crippen LogP contribution in [0.5, 0.6) is 5.75 Å². The number of ether oxygens (including phenoxy) is 1. The van der Waals surface area contributed by atoms with Gasteiger partial charge in [-0.3, -0.25) is 9.59 Å². The smallest absolute Gasteiger partial charge is 0.291 e. The maximum atomic E-state index is 13.5. The summed E-state index contributed by atoms with van der Waals surface area (Å²) in [5.41, 5.74) is 0.980. The molecule has 4 aromatic rings. The van der Waals surface area contributed by atoms with Gasteiger partial charge < -0.3 is 18.5 Å². The molecule has 0 spiro atoms. The van der Waals surface area contributed by atoms with E-state index in [0.717, 1.165) is 0 Å². The molecule has 0 fully saturated rings. The molecule has 0 bridgehead atoms. The number of nitrogens with zero attached hydrogens (tertiary/aromatic N) is 1. The van der Waals surface area contributed by atoms with Crippen LogP contribution in [0.3, 0.4) is 0 Å². The van der Waals surface area contributed by atoms with Gasteiger partial charge in [-0.15, -0.1) is 0 Å². The Kier molecular flexibility index (Phi) is 4.37. The molecule has 1 amide bonds. The molecule has 1 atom stereocenters. The molecule has 6 nitrogen and oxygen atoms in total. The van der Waals surface area contributed by atoms with Crippen LogP contribution >= 0.6 is 11.6 Å². The fraction of sp³-hybridized carbons (Fsp3) is 0.130. The summed E-state index contributed by atoms with van der Waals surface area (Å²) < 4.78 is 16.9. The summed E-state index contributed by atoms with van der Waals surface area (Å²) in [4.78, 5) is 28.4. The zero-order valence-electron chi connectivity index (χ0n) is 15.9. The van der Waals surface area contributed by atoms with E-state index in [0.29, 0.717) is 33.1 Å². The number of furan rings is 1. The van der Waals surface area contributed by atoms with E-state index in [9.17, 15) is 9.59 Å². The molecule has 7 heteroatoms. The monoisotopic (exact) mass is 421 g/mol. The third-order valence-electron chi connectivity index (χ3n) is 5.27. The van der Waals surface area contributed by atoms with E-state index in [1.165, 1.54) is 0 Å². The van der Waals surface area contributed by atoms with Crippen molar-refractivity contribution in [3.05, 3.63) is 98.8 Å². The van der Waals surface area contributed by atoms with Crippen LogP contribution in [0.1, 0.15) is 33.5 Å². The normalized spacial score (nSPS) is 15.6. The van der Waals surface area contributed by atoms with Gasteiger partial charge in [0.05, 0.1) is 36.9 Å². The van der Waals surface area contributed by atoms with E-state index in [1.54, 1.807) is 54.7 Å². The van der Waals surface area contributed by atoms with Gasteiger partial charge in [-0.25, -0.2) is 0 Å². The van der Waals surface area contributed by atoms with Crippen LogP contribution in [-0.2, 0) is 6.54 Å². The highest BCUT2D eigenvalue weighted by Crippen LogP contribution is 2.42. The first-order valence-corrected chi connectivity index (χ1v) is 9.69. The molecule has 1 unspecified atom stereocenters. The Balaban J connectivity index is 1.78. The minimum absolute atomic E-state index is 0.0253. The first kappa shape index (κ1) is 18.5. The first-order valence-electron chi connectivity index (χ1n) is 9.31. The van der Waals surface area contributed by atoms with Gasteiger partial charge in [0.1, 0.15) is 17.1 Å². The molecule has 1 aliphatic rings. The molecule has 2 aromatic heterocycles. The number of benzene rings is 2. The van der Waals surface area contributed by atoms with Crippen molar-refractivity contribution >= 4 is 28.5 Å². The van der Waals surface area contributed by atoms with Gasteiger partial charge in [0.15, 0.2) is 5.43 Å². The molecule has 2 aromatic carbocycles. The Hall–Kier alpha value is -3.51. The van der Waals surface area contributed by atoms with E-state index in [1.807, 2.05) is 18.2 Å². The lowest BCUT2D eigenvalue weighted by Gasteiger charge is -2.25. The standard InChI is InChI=1S/C23H16ClNO5/c1-28-17-7-3-2-6-15(17)20-19-21(26)16-11-13(24)8-9-18(16)30-22(19)23(27)25(20)12-14-5-4-10-29-14/h2-11,20H,12H2,1H3. The first-order chi connectivity index (χ1) is 14.6. The quantitative estimate of drug-likeness (QED) is 0.473. The molecular weight excluding hydrogens is 406 g/mol. The SMILES string of the molecule is COc1ccccc1C1c2c(oc3ccc(Cl)cc3c2=O)C(=O)N1Cc1ccco1. The fourth-order valence-corrected chi connectivity index (χ4v) is 4.11. The van der Waals surface area contributed by atoms with Crippen molar-refractivity contribution in [3.63, 3.8) is 0 Å². The zero-order chi connectivity index (χ0) is 20.8. The predicted octanol–water partition coefficient (Wildman–Crippen LogP) is 4.79. The summed E-state index contributed by atoms with van der Waals surface area (Å²) in [5, 5.41) is 0.745.